The topological polar surface area (TPSA) is 139 Å². The number of aromatic nitrogens is 1. The molecular formula is C40H63F2N5O5S. The van der Waals surface area contributed by atoms with E-state index in [1.807, 2.05) is 83.4 Å². The number of benzene rings is 2. The normalized spacial score (nSPS) is 12.6. The van der Waals surface area contributed by atoms with E-state index in [-0.39, 0.29) is 38.2 Å². The molecule has 2 atom stereocenters. The van der Waals surface area contributed by atoms with Crippen LogP contribution in [-0.2, 0) is 20.9 Å². The number of aliphatic hydroxyl groups is 1. The molecule has 0 aliphatic carbocycles. The Hall–Kier alpha value is -3.94. The molecule has 0 radical (unpaired) electrons. The van der Waals surface area contributed by atoms with Gasteiger partial charge in [-0.3, -0.25) is 9.59 Å². The van der Waals surface area contributed by atoms with Crippen LogP contribution in [0.15, 0.2) is 60.8 Å². The number of hydrogen-bond acceptors (Lipinski definition) is 6. The molecule has 0 aliphatic heterocycles. The van der Waals surface area contributed by atoms with Crippen LogP contribution in [0.25, 0.3) is 11.1 Å². The molecule has 0 bridgehead atoms. The lowest BCUT2D eigenvalue weighted by Crippen LogP contribution is -2.51. The molecule has 3 aromatic rings. The van der Waals surface area contributed by atoms with Crippen LogP contribution in [0.1, 0.15) is 72.2 Å². The maximum Gasteiger partial charge on any atom is 0.407 e. The van der Waals surface area contributed by atoms with Crippen LogP contribution < -0.4 is 16.4 Å². The second-order valence-corrected chi connectivity index (χ2v) is 18.5. The van der Waals surface area contributed by atoms with Gasteiger partial charge in [0, 0.05) is 54.9 Å². The number of ether oxygens (including phenoxy) is 1. The average molecular weight is 764 g/mol. The Balaban J connectivity index is 0.00000339. The van der Waals surface area contributed by atoms with Gasteiger partial charge >= 0.3 is 6.09 Å². The highest BCUT2D eigenvalue weighted by molar-refractivity contribution is 8.32. The fourth-order valence-electron chi connectivity index (χ4n) is 5.52. The molecule has 1 aromatic heterocycles. The predicted octanol–water partition coefficient (Wildman–Crippen LogP) is 6.70. The van der Waals surface area contributed by atoms with Gasteiger partial charge in [0.15, 0.2) is 0 Å². The lowest BCUT2D eigenvalue weighted by molar-refractivity contribution is -0.140. The third kappa shape index (κ3) is 15.5. The maximum absolute atomic E-state index is 15.1. The van der Waals surface area contributed by atoms with E-state index in [1.54, 1.807) is 12.3 Å². The smallest absolute Gasteiger partial charge is 0.407 e. The number of alkyl carbamates (subject to hydrolysis) is 1. The van der Waals surface area contributed by atoms with Crippen molar-refractivity contribution in [3.63, 3.8) is 0 Å². The van der Waals surface area contributed by atoms with E-state index in [0.29, 0.717) is 23.6 Å². The molecule has 0 spiro atoms. The Morgan fingerprint density at radius 2 is 1.64 bits per heavy atom. The molecule has 10 nitrogen and oxygen atoms in total. The molecule has 0 aliphatic rings. The van der Waals surface area contributed by atoms with Crippen molar-refractivity contribution in [2.75, 3.05) is 57.4 Å². The van der Waals surface area contributed by atoms with Crippen LogP contribution in [-0.4, -0.2) is 95.9 Å². The molecule has 298 valence electrons. The average Bonchev–Trinajstić information content (AvgIpc) is 3.52. The molecule has 53 heavy (non-hydrogen) atoms. The Kier molecular flexibility index (Phi) is 20.4. The quantitative estimate of drug-likeness (QED) is 0.128. The Morgan fingerprint density at radius 3 is 2.21 bits per heavy atom. The van der Waals surface area contributed by atoms with Gasteiger partial charge in [-0.1, -0.05) is 78.8 Å². The minimum atomic E-state index is -1.08. The maximum atomic E-state index is 15.1. The van der Waals surface area contributed by atoms with Gasteiger partial charge in [-0.2, -0.15) is 0 Å². The monoisotopic (exact) mass is 763 g/mol. The molecule has 2 aromatic carbocycles. The highest BCUT2D eigenvalue weighted by Gasteiger charge is 2.38. The summed E-state index contributed by atoms with van der Waals surface area (Å²) >= 11 is 0. The summed E-state index contributed by atoms with van der Waals surface area (Å²) in [6, 6.07) is 12.7. The zero-order chi connectivity index (χ0) is 40.4. The lowest BCUT2D eigenvalue weighted by Gasteiger charge is -2.41. The zero-order valence-electron chi connectivity index (χ0n) is 33.3. The van der Waals surface area contributed by atoms with E-state index in [1.165, 1.54) is 4.90 Å². The second kappa shape index (κ2) is 23.0. The molecule has 5 N–H and O–H groups in total. The first-order valence-corrected chi connectivity index (χ1v) is 21.2. The standard InChI is InChI=1S/C36H51F2N5O5S.2C2H6/c1-36(2,3)33(31-20-26(28-21-27(37)12-13-29(28)38)23-42(31)22-25-10-8-7-9-11-25)43(32(45)24-44)17-14-30(34(46)40-16-15-39)41-35(47)48-18-19-49(4,5)6;2*1-2/h7-13,20-21,23,30,33,44H,14-19,22,24,39H2,1-6H3,(H,40,46)(H,41,47);2*1-2H3. The summed E-state index contributed by atoms with van der Waals surface area (Å²) in [5, 5.41) is 15.5. The second-order valence-electron chi connectivity index (χ2n) is 13.9. The summed E-state index contributed by atoms with van der Waals surface area (Å²) in [5.41, 5.74) is 6.96. The fraction of sp³-hybridized carbons (Fsp3) is 0.525. The van der Waals surface area contributed by atoms with Crippen molar-refractivity contribution in [3.05, 3.63) is 83.7 Å². The molecular weight excluding hydrogens is 701 g/mol. The third-order valence-electron chi connectivity index (χ3n) is 7.87. The Bertz CT molecular complexity index is 1560. The van der Waals surface area contributed by atoms with Crippen LogP contribution >= 0.6 is 10.0 Å². The fourth-order valence-corrected chi connectivity index (χ4v) is 6.11. The van der Waals surface area contributed by atoms with Gasteiger partial charge in [0.2, 0.25) is 11.8 Å². The molecule has 3 amide bonds. The van der Waals surface area contributed by atoms with Gasteiger partial charge in [-0.05, 0) is 60.4 Å². The highest BCUT2D eigenvalue weighted by Crippen LogP contribution is 2.41. The summed E-state index contributed by atoms with van der Waals surface area (Å²) in [7, 11) is -0.912. The summed E-state index contributed by atoms with van der Waals surface area (Å²) in [4.78, 5) is 41.0. The molecule has 1 heterocycles. The Labute approximate surface area is 317 Å². The van der Waals surface area contributed by atoms with Crippen molar-refractivity contribution in [2.45, 2.75) is 73.5 Å². The van der Waals surface area contributed by atoms with Crippen molar-refractivity contribution >= 4 is 27.9 Å². The number of halogens is 2. The van der Waals surface area contributed by atoms with Crippen molar-refractivity contribution < 1.29 is 33.0 Å². The number of nitrogens with two attached hydrogens (primary N) is 1. The summed E-state index contributed by atoms with van der Waals surface area (Å²) in [5.74, 6) is -1.61. The van der Waals surface area contributed by atoms with Gasteiger partial charge in [0.05, 0.1) is 6.04 Å². The first-order valence-electron chi connectivity index (χ1n) is 18.2. The van der Waals surface area contributed by atoms with Crippen LogP contribution in [0.3, 0.4) is 0 Å². The number of nitrogens with one attached hydrogen (secondary N) is 2. The minimum absolute atomic E-state index is 0.0148. The number of carbonyl (C=O) groups excluding carboxylic acids is 3. The molecule has 0 saturated heterocycles. The predicted molar refractivity (Wildman–Crippen MR) is 214 cm³/mol. The van der Waals surface area contributed by atoms with Gasteiger partial charge in [-0.25, -0.2) is 23.6 Å². The summed E-state index contributed by atoms with van der Waals surface area (Å²) in [6.45, 7) is 13.8. The largest absolute Gasteiger partial charge is 0.449 e. The summed E-state index contributed by atoms with van der Waals surface area (Å²) in [6.07, 6.45) is 7.25. The van der Waals surface area contributed by atoms with Crippen LogP contribution in [0.4, 0.5) is 13.6 Å². The third-order valence-corrected chi connectivity index (χ3v) is 9.26. The number of nitrogens with zero attached hydrogens (tertiary/aromatic N) is 2. The van der Waals surface area contributed by atoms with E-state index in [9.17, 15) is 23.9 Å². The van der Waals surface area contributed by atoms with Crippen molar-refractivity contribution in [2.24, 2.45) is 11.1 Å². The van der Waals surface area contributed by atoms with Crippen LogP contribution in [0, 0.1) is 17.0 Å². The molecule has 2 unspecified atom stereocenters. The SMILES string of the molecule is CC.CC.CC(C)(C)C(c1cc(-c2cc(F)ccc2F)cn1Cc1ccccc1)N(CCC(NC(=O)OCCS(C)(C)C)C(=O)NCCN)C(=O)CO. The molecule has 0 saturated carbocycles. The van der Waals surface area contributed by atoms with Crippen molar-refractivity contribution in [1.82, 2.24) is 20.1 Å². The van der Waals surface area contributed by atoms with Crippen LogP contribution in [0.2, 0.25) is 0 Å². The van der Waals surface area contributed by atoms with Gasteiger partial charge < -0.3 is 35.7 Å². The molecule has 0 fully saturated rings. The van der Waals surface area contributed by atoms with Gasteiger partial charge in [0.25, 0.3) is 0 Å². The Morgan fingerprint density at radius 1 is 1.00 bits per heavy atom. The molecule has 13 heteroatoms. The van der Waals surface area contributed by atoms with Gasteiger partial charge in [-0.15, -0.1) is 0 Å². The number of amides is 3. The van der Waals surface area contributed by atoms with E-state index < -0.39 is 63.7 Å². The van der Waals surface area contributed by atoms with E-state index in [2.05, 4.69) is 29.4 Å². The van der Waals surface area contributed by atoms with Gasteiger partial charge in [0.1, 0.15) is 30.9 Å². The highest BCUT2D eigenvalue weighted by atomic mass is 32.3. The zero-order valence-corrected chi connectivity index (χ0v) is 34.1. The first kappa shape index (κ1) is 47.1. The first-order chi connectivity index (χ1) is 25.0. The lowest BCUT2D eigenvalue weighted by atomic mass is 9.82. The molecule has 3 rings (SSSR count). The number of aliphatic hydroxyl groups excluding tert-OH is 1. The van der Waals surface area contributed by atoms with Crippen molar-refractivity contribution in [1.29, 1.82) is 0 Å². The summed E-state index contributed by atoms with van der Waals surface area (Å²) < 4.78 is 36.6. The van der Waals surface area contributed by atoms with Crippen LogP contribution in [0.5, 0.6) is 0 Å². The number of rotatable bonds is 16. The van der Waals surface area contributed by atoms with E-state index in [0.717, 1.165) is 23.8 Å². The number of hydrogen-bond donors (Lipinski definition) is 4. The number of carbonyl (C=O) groups is 3. The van der Waals surface area contributed by atoms with E-state index in [4.69, 9.17) is 10.5 Å². The van der Waals surface area contributed by atoms with Crippen molar-refractivity contribution in [3.8, 4) is 11.1 Å². The van der Waals surface area contributed by atoms with E-state index >= 15 is 4.39 Å². The minimum Gasteiger partial charge on any atom is -0.449 e.